The van der Waals surface area contributed by atoms with Crippen LogP contribution in [0.5, 0.6) is 0 Å². The molecule has 6 nitrogen and oxygen atoms in total. The average molecular weight is 481 g/mol. The number of halogens is 4. The van der Waals surface area contributed by atoms with Gasteiger partial charge in [0.15, 0.2) is 0 Å². The molecule has 0 aromatic heterocycles. The van der Waals surface area contributed by atoms with Crippen LogP contribution < -0.4 is 10.6 Å². The van der Waals surface area contributed by atoms with Crippen LogP contribution in [0.4, 0.5) is 28.9 Å². The number of aliphatic hydroxyl groups is 1. The van der Waals surface area contributed by atoms with E-state index in [1.165, 1.54) is 11.3 Å². The number of nitrogens with one attached hydrogen (secondary N) is 2. The first-order chi connectivity index (χ1) is 16.0. The van der Waals surface area contributed by atoms with Crippen molar-refractivity contribution in [1.82, 2.24) is 4.90 Å². The molecular weight excluding hydrogens is 454 g/mol. The van der Waals surface area contributed by atoms with Gasteiger partial charge in [0.1, 0.15) is 11.4 Å². The van der Waals surface area contributed by atoms with Crippen molar-refractivity contribution < 1.29 is 32.3 Å². The van der Waals surface area contributed by atoms with E-state index in [0.717, 1.165) is 32.0 Å². The zero-order valence-electron chi connectivity index (χ0n) is 18.7. The van der Waals surface area contributed by atoms with Gasteiger partial charge >= 0.3 is 6.18 Å². The number of anilines is 2. The van der Waals surface area contributed by atoms with Gasteiger partial charge in [-0.2, -0.15) is 13.2 Å². The van der Waals surface area contributed by atoms with E-state index in [4.69, 9.17) is 0 Å². The lowest BCUT2D eigenvalue weighted by Gasteiger charge is -2.34. The van der Waals surface area contributed by atoms with Gasteiger partial charge in [0.2, 0.25) is 6.41 Å². The summed E-state index contributed by atoms with van der Waals surface area (Å²) in [6.45, 7) is 3.58. The molecule has 1 aliphatic carbocycles. The summed E-state index contributed by atoms with van der Waals surface area (Å²) in [4.78, 5) is 23.8. The normalized spacial score (nSPS) is 17.3. The Morgan fingerprint density at radius 2 is 1.79 bits per heavy atom. The van der Waals surface area contributed by atoms with E-state index in [9.17, 15) is 32.3 Å². The molecule has 184 valence electrons. The molecule has 2 aliphatic rings. The first-order valence-electron chi connectivity index (χ1n) is 10.9. The fourth-order valence-electron chi connectivity index (χ4n) is 3.71. The fourth-order valence-corrected chi connectivity index (χ4v) is 3.71. The summed E-state index contributed by atoms with van der Waals surface area (Å²) in [5, 5.41) is 15.4. The molecule has 2 aromatic rings. The van der Waals surface area contributed by atoms with Crippen LogP contribution >= 0.6 is 0 Å². The van der Waals surface area contributed by atoms with Crippen LogP contribution in [0.15, 0.2) is 42.5 Å². The Labute approximate surface area is 195 Å². The Balaban J connectivity index is 0.000000204. The van der Waals surface area contributed by atoms with Gasteiger partial charge in [0.25, 0.3) is 5.91 Å². The predicted octanol–water partition coefficient (Wildman–Crippen LogP) is 4.34. The van der Waals surface area contributed by atoms with Gasteiger partial charge in [-0.1, -0.05) is 18.2 Å². The minimum atomic E-state index is -4.62. The Morgan fingerprint density at radius 3 is 2.35 bits per heavy atom. The van der Waals surface area contributed by atoms with Gasteiger partial charge in [-0.3, -0.25) is 9.59 Å². The molecule has 2 fully saturated rings. The summed E-state index contributed by atoms with van der Waals surface area (Å²) < 4.78 is 48.9. The second-order valence-electron chi connectivity index (χ2n) is 8.55. The van der Waals surface area contributed by atoms with E-state index in [-0.39, 0.29) is 18.0 Å². The van der Waals surface area contributed by atoms with Crippen molar-refractivity contribution in [3.8, 4) is 0 Å². The molecule has 0 atom stereocenters. The Morgan fingerprint density at radius 1 is 1.15 bits per heavy atom. The molecule has 3 N–H and O–H groups in total. The number of piperidine rings is 1. The first kappa shape index (κ1) is 25.5. The number of alkyl halides is 3. The SMILES string of the molecule is Cc1ccccc1NC1CCN(C(=O)C2(O)CC2)CC1.O=CNc1cc(F)cc(C(F)(F)F)c1. The number of hydrogen-bond donors (Lipinski definition) is 3. The highest BCUT2D eigenvalue weighted by atomic mass is 19.4. The smallest absolute Gasteiger partial charge is 0.382 e. The molecule has 1 saturated carbocycles. The largest absolute Gasteiger partial charge is 0.416 e. The van der Waals surface area contributed by atoms with Crippen molar-refractivity contribution in [2.45, 2.75) is 50.4 Å². The monoisotopic (exact) mass is 481 g/mol. The minimum Gasteiger partial charge on any atom is -0.382 e. The molecule has 0 bridgehead atoms. The summed E-state index contributed by atoms with van der Waals surface area (Å²) in [6, 6.07) is 10.5. The number of carbonyl (C=O) groups is 2. The lowest BCUT2D eigenvalue weighted by atomic mass is 10.0. The predicted molar refractivity (Wildman–Crippen MR) is 120 cm³/mol. The molecule has 10 heteroatoms. The Kier molecular flexibility index (Phi) is 7.81. The summed E-state index contributed by atoms with van der Waals surface area (Å²) in [5.74, 6) is -1.11. The van der Waals surface area contributed by atoms with E-state index in [1.807, 2.05) is 22.3 Å². The molecule has 1 heterocycles. The summed E-state index contributed by atoms with van der Waals surface area (Å²) >= 11 is 0. The third kappa shape index (κ3) is 6.69. The van der Waals surface area contributed by atoms with Crippen LogP contribution in [0.2, 0.25) is 0 Å². The van der Waals surface area contributed by atoms with Gasteiger partial charge in [0, 0.05) is 30.5 Å². The third-order valence-electron chi connectivity index (χ3n) is 5.86. The molecule has 4 rings (SSSR count). The van der Waals surface area contributed by atoms with E-state index in [2.05, 4.69) is 24.4 Å². The second kappa shape index (κ2) is 10.4. The number of carbonyl (C=O) groups excluding carboxylic acids is 2. The highest BCUT2D eigenvalue weighted by Gasteiger charge is 2.50. The zero-order valence-corrected chi connectivity index (χ0v) is 18.7. The Bertz CT molecular complexity index is 1020. The lowest BCUT2D eigenvalue weighted by molar-refractivity contribution is -0.143. The average Bonchev–Trinajstić information content (AvgIpc) is 3.54. The number of aryl methyl sites for hydroxylation is 1. The summed E-state index contributed by atoms with van der Waals surface area (Å²) in [5.41, 5.74) is 0.0431. The molecule has 1 aliphatic heterocycles. The maximum Gasteiger partial charge on any atom is 0.416 e. The van der Waals surface area contributed by atoms with E-state index in [1.54, 1.807) is 0 Å². The maximum absolute atomic E-state index is 12.6. The molecule has 0 unspecified atom stereocenters. The quantitative estimate of drug-likeness (QED) is 0.439. The van der Waals surface area contributed by atoms with Crippen LogP contribution in [-0.4, -0.2) is 47.1 Å². The fraction of sp³-hybridized carbons (Fsp3) is 0.417. The summed E-state index contributed by atoms with van der Waals surface area (Å²) in [6.07, 6.45) is -1.30. The zero-order chi connectivity index (χ0) is 24.9. The molecule has 2 aromatic carbocycles. The maximum atomic E-state index is 12.6. The van der Waals surface area contributed by atoms with Gasteiger partial charge in [-0.25, -0.2) is 4.39 Å². The first-order valence-corrected chi connectivity index (χ1v) is 10.9. The molecule has 1 saturated heterocycles. The van der Waals surface area contributed by atoms with Gasteiger partial charge < -0.3 is 20.6 Å². The standard InChI is InChI=1S/C16H22N2O2.C8H5F4NO/c1-12-4-2-3-5-14(12)17-13-6-10-18(11-7-13)15(19)16(20)8-9-16;9-6-1-5(8(10,11)12)2-7(3-6)13-4-14/h2-5,13,17,20H,6-11H2,1H3;1-4H,(H,13,14). The molecular formula is C24H27F4N3O3. The highest BCUT2D eigenvalue weighted by Crippen LogP contribution is 2.37. The number of benzene rings is 2. The number of likely N-dealkylation sites (tertiary alicyclic amines) is 1. The van der Waals surface area contributed by atoms with Crippen LogP contribution in [0.25, 0.3) is 0 Å². The van der Waals surface area contributed by atoms with Crippen LogP contribution in [0.1, 0.15) is 36.8 Å². The van der Waals surface area contributed by atoms with Crippen molar-refractivity contribution in [2.75, 3.05) is 23.7 Å². The number of nitrogens with zero attached hydrogens (tertiary/aromatic N) is 1. The molecule has 2 amide bonds. The van der Waals surface area contributed by atoms with Crippen molar-refractivity contribution >= 4 is 23.7 Å². The molecule has 0 spiro atoms. The third-order valence-corrected chi connectivity index (χ3v) is 5.86. The van der Waals surface area contributed by atoms with Crippen LogP contribution in [0, 0.1) is 12.7 Å². The van der Waals surface area contributed by atoms with E-state index < -0.39 is 23.2 Å². The topological polar surface area (TPSA) is 81.7 Å². The van der Waals surface area contributed by atoms with E-state index in [0.29, 0.717) is 31.0 Å². The van der Waals surface area contributed by atoms with Crippen molar-refractivity contribution in [2.24, 2.45) is 0 Å². The van der Waals surface area contributed by atoms with Gasteiger partial charge in [-0.05, 0) is 62.4 Å². The number of amides is 2. The van der Waals surface area contributed by atoms with Crippen LogP contribution in [0.3, 0.4) is 0 Å². The highest BCUT2D eigenvalue weighted by molar-refractivity contribution is 5.87. The molecule has 0 radical (unpaired) electrons. The lowest BCUT2D eigenvalue weighted by Crippen LogP contribution is -2.47. The number of rotatable bonds is 5. The molecule has 34 heavy (non-hydrogen) atoms. The van der Waals surface area contributed by atoms with Gasteiger partial charge in [-0.15, -0.1) is 0 Å². The number of para-hydroxylation sites is 1. The summed E-state index contributed by atoms with van der Waals surface area (Å²) in [7, 11) is 0. The van der Waals surface area contributed by atoms with E-state index >= 15 is 0 Å². The second-order valence-corrected chi connectivity index (χ2v) is 8.55. The van der Waals surface area contributed by atoms with Crippen LogP contribution in [-0.2, 0) is 15.8 Å². The van der Waals surface area contributed by atoms with Gasteiger partial charge in [0.05, 0.1) is 5.56 Å². The van der Waals surface area contributed by atoms with Crippen molar-refractivity contribution in [3.63, 3.8) is 0 Å². The Hall–Kier alpha value is -3.14. The van der Waals surface area contributed by atoms with Crippen molar-refractivity contribution in [3.05, 3.63) is 59.4 Å². The van der Waals surface area contributed by atoms with Crippen molar-refractivity contribution in [1.29, 1.82) is 0 Å². The number of hydrogen-bond acceptors (Lipinski definition) is 4. The minimum absolute atomic E-state index is 0.0631.